The molecule has 6 N–H and O–H groups in total. The van der Waals surface area contributed by atoms with Gasteiger partial charge in [-0.3, -0.25) is 9.59 Å². The molecule has 22 heavy (non-hydrogen) atoms. The van der Waals surface area contributed by atoms with Gasteiger partial charge in [-0.05, 0) is 25.8 Å². The van der Waals surface area contributed by atoms with Crippen molar-refractivity contribution in [2.24, 2.45) is 11.5 Å². The van der Waals surface area contributed by atoms with Gasteiger partial charge in [0.05, 0.1) is 0 Å². The maximum atomic E-state index is 12.0. The highest BCUT2D eigenvalue weighted by molar-refractivity contribution is 6.13. The zero-order chi connectivity index (χ0) is 16.5. The lowest BCUT2D eigenvalue weighted by Gasteiger charge is -2.17. The smallest absolute Gasteiger partial charge is 0.326 e. The molecule has 1 rings (SSSR count). The quantitative estimate of drug-likeness (QED) is 0.286. The maximum absolute atomic E-state index is 12.0. The molecule has 120 valence electrons. The largest absolute Gasteiger partial charge is 0.480 e. The van der Waals surface area contributed by atoms with Gasteiger partial charge in [0.15, 0.2) is 5.78 Å². The summed E-state index contributed by atoms with van der Waals surface area (Å²) in [6.45, 7) is 0.451. The summed E-state index contributed by atoms with van der Waals surface area (Å²) in [4.78, 5) is 35.1. The number of hydrogen-bond acceptors (Lipinski definition) is 5. The Morgan fingerprint density at radius 3 is 2.32 bits per heavy atom. The van der Waals surface area contributed by atoms with Crippen LogP contribution in [-0.4, -0.2) is 41.4 Å². The molecule has 0 saturated heterocycles. The standard InChI is InChI=1S/C15H21N3O4/c16-9-5-4-8-11(15(21)22)18-14(20)12(17)13(19)10-6-2-1-3-7-10/h1-3,6-7,11-12H,4-5,8-9,16-17H2,(H,18,20)(H,21,22)/t11-,12?/m0/s1. The number of amides is 1. The number of benzene rings is 1. The van der Waals surface area contributed by atoms with Crippen molar-refractivity contribution >= 4 is 17.7 Å². The summed E-state index contributed by atoms with van der Waals surface area (Å²) in [6.07, 6.45) is 1.47. The summed E-state index contributed by atoms with van der Waals surface area (Å²) in [5.41, 5.74) is 11.3. The van der Waals surface area contributed by atoms with Crippen molar-refractivity contribution in [1.29, 1.82) is 0 Å². The van der Waals surface area contributed by atoms with E-state index < -0.39 is 29.7 Å². The number of carbonyl (C=O) groups excluding carboxylic acids is 2. The topological polar surface area (TPSA) is 136 Å². The number of carboxylic acids is 1. The minimum absolute atomic E-state index is 0.241. The van der Waals surface area contributed by atoms with Crippen molar-refractivity contribution in [3.63, 3.8) is 0 Å². The number of hydrogen-bond donors (Lipinski definition) is 4. The zero-order valence-electron chi connectivity index (χ0n) is 12.2. The molecule has 1 aromatic carbocycles. The summed E-state index contributed by atoms with van der Waals surface area (Å²) >= 11 is 0. The van der Waals surface area contributed by atoms with Crippen molar-refractivity contribution in [2.75, 3.05) is 6.54 Å². The van der Waals surface area contributed by atoms with E-state index in [9.17, 15) is 14.4 Å². The Bertz CT molecular complexity index is 519. The molecule has 0 aromatic heterocycles. The van der Waals surface area contributed by atoms with Crippen LogP contribution in [0.1, 0.15) is 29.6 Å². The molecule has 0 radical (unpaired) electrons. The number of ketones is 1. The third-order valence-electron chi connectivity index (χ3n) is 3.18. The molecule has 7 nitrogen and oxygen atoms in total. The monoisotopic (exact) mass is 307 g/mol. The molecular formula is C15H21N3O4. The molecule has 1 aromatic rings. The van der Waals surface area contributed by atoms with Crippen LogP contribution in [0.4, 0.5) is 0 Å². The Morgan fingerprint density at radius 1 is 1.14 bits per heavy atom. The molecule has 1 amide bonds. The number of unbranched alkanes of at least 4 members (excludes halogenated alkanes) is 1. The fourth-order valence-corrected chi connectivity index (χ4v) is 1.91. The Kier molecular flexibility index (Phi) is 7.21. The second kappa shape index (κ2) is 8.91. The van der Waals surface area contributed by atoms with Crippen LogP contribution in [0.15, 0.2) is 30.3 Å². The SMILES string of the molecule is NCCCC[C@H](NC(=O)C(N)C(=O)c1ccccc1)C(=O)O. The van der Waals surface area contributed by atoms with Gasteiger partial charge in [0.1, 0.15) is 12.1 Å². The lowest BCUT2D eigenvalue weighted by atomic mass is 10.0. The minimum Gasteiger partial charge on any atom is -0.480 e. The Labute approximate surface area is 128 Å². The van der Waals surface area contributed by atoms with Gasteiger partial charge in [-0.1, -0.05) is 30.3 Å². The fourth-order valence-electron chi connectivity index (χ4n) is 1.91. The second-order valence-electron chi connectivity index (χ2n) is 4.89. The van der Waals surface area contributed by atoms with Crippen molar-refractivity contribution in [1.82, 2.24) is 5.32 Å². The molecule has 0 fully saturated rings. The zero-order valence-corrected chi connectivity index (χ0v) is 12.2. The molecule has 0 bridgehead atoms. The summed E-state index contributed by atoms with van der Waals surface area (Å²) in [5.74, 6) is -2.51. The van der Waals surface area contributed by atoms with E-state index in [1.54, 1.807) is 30.3 Å². The molecule has 0 spiro atoms. The number of nitrogens with two attached hydrogens (primary N) is 2. The Morgan fingerprint density at radius 2 is 1.77 bits per heavy atom. The average molecular weight is 307 g/mol. The Hall–Kier alpha value is -2.25. The first-order valence-electron chi connectivity index (χ1n) is 7.05. The lowest BCUT2D eigenvalue weighted by Crippen LogP contribution is -2.51. The first-order chi connectivity index (χ1) is 10.5. The summed E-state index contributed by atoms with van der Waals surface area (Å²) in [6, 6.07) is 5.64. The third-order valence-corrected chi connectivity index (χ3v) is 3.18. The van der Waals surface area contributed by atoms with E-state index in [4.69, 9.17) is 16.6 Å². The molecule has 0 saturated carbocycles. The molecule has 0 aliphatic heterocycles. The minimum atomic E-state index is -1.43. The van der Waals surface area contributed by atoms with Crippen LogP contribution in [0.5, 0.6) is 0 Å². The van der Waals surface area contributed by atoms with E-state index in [1.807, 2.05) is 0 Å². The van der Waals surface area contributed by atoms with Crippen LogP contribution >= 0.6 is 0 Å². The normalized spacial score (nSPS) is 13.2. The van der Waals surface area contributed by atoms with Gasteiger partial charge in [0.25, 0.3) is 0 Å². The number of carbonyl (C=O) groups is 3. The summed E-state index contributed by atoms with van der Waals surface area (Å²) in [5, 5.41) is 11.4. The van der Waals surface area contributed by atoms with Crippen LogP contribution in [-0.2, 0) is 9.59 Å². The molecule has 0 heterocycles. The number of rotatable bonds is 9. The molecule has 0 aliphatic rings. The number of Topliss-reactive ketones (excluding diaryl/α,β-unsaturated/α-hetero) is 1. The van der Waals surface area contributed by atoms with Crippen molar-refractivity contribution in [2.45, 2.75) is 31.3 Å². The highest BCUT2D eigenvalue weighted by Crippen LogP contribution is 2.05. The van der Waals surface area contributed by atoms with Gasteiger partial charge < -0.3 is 21.9 Å². The highest BCUT2D eigenvalue weighted by atomic mass is 16.4. The van der Waals surface area contributed by atoms with Crippen molar-refractivity contribution in [3.05, 3.63) is 35.9 Å². The predicted molar refractivity (Wildman–Crippen MR) is 81.2 cm³/mol. The predicted octanol–water partition coefficient (Wildman–Crippen LogP) is -0.105. The van der Waals surface area contributed by atoms with E-state index in [-0.39, 0.29) is 6.42 Å². The van der Waals surface area contributed by atoms with E-state index in [2.05, 4.69) is 5.32 Å². The van der Waals surface area contributed by atoms with Gasteiger partial charge in [0, 0.05) is 5.56 Å². The Balaban J connectivity index is 2.64. The van der Waals surface area contributed by atoms with E-state index in [1.165, 1.54) is 0 Å². The number of nitrogens with one attached hydrogen (secondary N) is 1. The summed E-state index contributed by atoms with van der Waals surface area (Å²) < 4.78 is 0. The first kappa shape index (κ1) is 17.8. The van der Waals surface area contributed by atoms with E-state index in [0.717, 1.165) is 0 Å². The molecule has 7 heteroatoms. The van der Waals surface area contributed by atoms with Gasteiger partial charge >= 0.3 is 5.97 Å². The average Bonchev–Trinajstić information content (AvgIpc) is 2.53. The summed E-state index contributed by atoms with van der Waals surface area (Å²) in [7, 11) is 0. The number of aliphatic carboxylic acids is 1. The fraction of sp³-hybridized carbons (Fsp3) is 0.400. The molecule has 0 aliphatic carbocycles. The van der Waals surface area contributed by atoms with E-state index in [0.29, 0.717) is 24.9 Å². The van der Waals surface area contributed by atoms with Crippen molar-refractivity contribution < 1.29 is 19.5 Å². The molecular weight excluding hydrogens is 286 g/mol. The highest BCUT2D eigenvalue weighted by Gasteiger charge is 2.27. The van der Waals surface area contributed by atoms with Crippen LogP contribution in [0.2, 0.25) is 0 Å². The van der Waals surface area contributed by atoms with Gasteiger partial charge in [-0.15, -0.1) is 0 Å². The van der Waals surface area contributed by atoms with Crippen LogP contribution in [0.3, 0.4) is 0 Å². The number of carboxylic acid groups (broad SMARTS) is 1. The van der Waals surface area contributed by atoms with E-state index >= 15 is 0 Å². The van der Waals surface area contributed by atoms with Crippen LogP contribution < -0.4 is 16.8 Å². The first-order valence-corrected chi connectivity index (χ1v) is 7.05. The molecule has 1 unspecified atom stereocenters. The van der Waals surface area contributed by atoms with Gasteiger partial charge in [-0.2, -0.15) is 0 Å². The van der Waals surface area contributed by atoms with Crippen LogP contribution in [0, 0.1) is 0 Å². The second-order valence-corrected chi connectivity index (χ2v) is 4.89. The van der Waals surface area contributed by atoms with Crippen molar-refractivity contribution in [3.8, 4) is 0 Å². The van der Waals surface area contributed by atoms with Crippen LogP contribution in [0.25, 0.3) is 0 Å². The third kappa shape index (κ3) is 5.27. The molecule has 2 atom stereocenters. The maximum Gasteiger partial charge on any atom is 0.326 e. The van der Waals surface area contributed by atoms with Gasteiger partial charge in [0.2, 0.25) is 5.91 Å². The van der Waals surface area contributed by atoms with Gasteiger partial charge in [-0.25, -0.2) is 4.79 Å². The lowest BCUT2D eigenvalue weighted by molar-refractivity contribution is -0.142.